The second-order valence-electron chi connectivity index (χ2n) is 5.58. The van der Waals surface area contributed by atoms with Gasteiger partial charge in [0, 0.05) is 5.56 Å². The van der Waals surface area contributed by atoms with Crippen molar-refractivity contribution in [1.82, 2.24) is 0 Å². The topological polar surface area (TPSA) is 35.5 Å². The highest BCUT2D eigenvalue weighted by Crippen LogP contribution is 2.40. The van der Waals surface area contributed by atoms with E-state index in [1.807, 2.05) is 37.3 Å². The van der Waals surface area contributed by atoms with E-state index < -0.39 is 0 Å². The molecular weight excluding hydrogens is 264 g/mol. The van der Waals surface area contributed by atoms with Crippen molar-refractivity contribution in [2.24, 2.45) is 5.92 Å². The van der Waals surface area contributed by atoms with Crippen LogP contribution in [0.5, 0.6) is 5.75 Å². The van der Waals surface area contributed by atoms with Gasteiger partial charge in [0.25, 0.3) is 0 Å². The van der Waals surface area contributed by atoms with Gasteiger partial charge in [-0.1, -0.05) is 12.2 Å². The Bertz CT molecular complexity index is 625. The highest BCUT2D eigenvalue weighted by Gasteiger charge is 2.32. The van der Waals surface area contributed by atoms with Crippen molar-refractivity contribution in [2.75, 3.05) is 7.11 Å². The molecule has 1 heterocycles. The van der Waals surface area contributed by atoms with Gasteiger partial charge < -0.3 is 9.47 Å². The molecule has 1 aliphatic heterocycles. The van der Waals surface area contributed by atoms with E-state index in [-0.39, 0.29) is 11.9 Å². The van der Waals surface area contributed by atoms with Gasteiger partial charge in [-0.05, 0) is 61.9 Å². The van der Waals surface area contributed by atoms with Crippen LogP contribution in [0, 0.1) is 5.92 Å². The normalized spacial score (nSPS) is 21.0. The summed E-state index contributed by atoms with van der Waals surface area (Å²) < 4.78 is 10.9. The second-order valence-corrected chi connectivity index (χ2v) is 5.58. The highest BCUT2D eigenvalue weighted by atomic mass is 16.5. The number of rotatable bonds is 3. The third-order valence-corrected chi connectivity index (χ3v) is 4.26. The summed E-state index contributed by atoms with van der Waals surface area (Å²) in [6.07, 6.45) is 7.57. The first kappa shape index (κ1) is 13.9. The van der Waals surface area contributed by atoms with Crippen LogP contribution >= 0.6 is 0 Å². The zero-order valence-corrected chi connectivity index (χ0v) is 12.5. The van der Waals surface area contributed by atoms with Gasteiger partial charge in [0.05, 0.1) is 13.0 Å². The van der Waals surface area contributed by atoms with Crippen molar-refractivity contribution in [3.8, 4) is 5.75 Å². The molecule has 0 bridgehead atoms. The molecule has 0 saturated heterocycles. The zero-order valence-electron chi connectivity index (χ0n) is 12.5. The molecule has 0 spiro atoms. The lowest BCUT2D eigenvalue weighted by Gasteiger charge is -2.30. The number of carbonyl (C=O) groups excluding carboxylic acids is 1. The fourth-order valence-electron chi connectivity index (χ4n) is 3.08. The number of fused-ring (bicyclic) bond motifs is 2. The Morgan fingerprint density at radius 3 is 3.00 bits per heavy atom. The lowest BCUT2D eigenvalue weighted by atomic mass is 9.83. The quantitative estimate of drug-likeness (QED) is 0.624. The van der Waals surface area contributed by atoms with Gasteiger partial charge in [-0.3, -0.25) is 4.79 Å². The maximum Gasteiger partial charge on any atom is 0.314 e. The van der Waals surface area contributed by atoms with Crippen LogP contribution in [0.15, 0.2) is 35.9 Å². The van der Waals surface area contributed by atoms with Crippen LogP contribution < -0.4 is 4.74 Å². The lowest BCUT2D eigenvalue weighted by Crippen LogP contribution is -2.25. The Balaban J connectivity index is 1.91. The number of ether oxygens (including phenoxy) is 2. The fraction of sp³-hybridized carbons (Fsp3) is 0.389. The molecule has 1 atom stereocenters. The van der Waals surface area contributed by atoms with Crippen molar-refractivity contribution in [3.05, 3.63) is 47.1 Å². The Hall–Kier alpha value is -2.03. The highest BCUT2D eigenvalue weighted by molar-refractivity contribution is 5.85. The average Bonchev–Trinajstić information content (AvgIpc) is 2.52. The summed E-state index contributed by atoms with van der Waals surface area (Å²) in [5.41, 5.74) is 3.53. The molecule has 110 valence electrons. The number of hydrogen-bond donors (Lipinski definition) is 0. The number of benzene rings is 1. The van der Waals surface area contributed by atoms with E-state index in [0.717, 1.165) is 42.8 Å². The number of aryl methyl sites for hydroxylation is 1. The van der Waals surface area contributed by atoms with E-state index in [1.165, 1.54) is 11.1 Å². The first-order chi connectivity index (χ1) is 10.2. The summed E-state index contributed by atoms with van der Waals surface area (Å²) in [6.45, 7) is 1.98. The predicted molar refractivity (Wildman–Crippen MR) is 81.9 cm³/mol. The minimum Gasteiger partial charge on any atom is -0.497 e. The third kappa shape index (κ3) is 2.60. The van der Waals surface area contributed by atoms with Gasteiger partial charge in [-0.15, -0.1) is 0 Å². The average molecular weight is 284 g/mol. The first-order valence-electron chi connectivity index (χ1n) is 7.45. The maximum absolute atomic E-state index is 12.2. The minimum atomic E-state index is -0.101. The monoisotopic (exact) mass is 284 g/mol. The molecule has 3 rings (SSSR count). The minimum absolute atomic E-state index is 0.0280. The molecule has 21 heavy (non-hydrogen) atoms. The van der Waals surface area contributed by atoms with Crippen LogP contribution in [-0.4, -0.2) is 13.1 Å². The zero-order chi connectivity index (χ0) is 14.8. The summed E-state index contributed by atoms with van der Waals surface area (Å²) in [4.78, 5) is 12.2. The van der Waals surface area contributed by atoms with E-state index in [1.54, 1.807) is 7.11 Å². The predicted octanol–water partition coefficient (Wildman–Crippen LogP) is 3.88. The molecule has 0 aromatic heterocycles. The maximum atomic E-state index is 12.2. The number of methoxy groups -OCH3 is 1. The molecule has 1 aromatic rings. The van der Waals surface area contributed by atoms with Crippen LogP contribution in [0.3, 0.4) is 0 Å². The first-order valence-corrected chi connectivity index (χ1v) is 7.45. The Kier molecular flexibility index (Phi) is 3.82. The summed E-state index contributed by atoms with van der Waals surface area (Å²) in [5, 5.41) is 0. The SMILES string of the molecule is C/C=C/CC1CC2=C(OC1=O)c1ccc(OC)cc1CC2. The Morgan fingerprint density at radius 2 is 2.24 bits per heavy atom. The lowest BCUT2D eigenvalue weighted by molar-refractivity contribution is -0.142. The molecule has 0 N–H and O–H groups in total. The van der Waals surface area contributed by atoms with Gasteiger partial charge in [-0.25, -0.2) is 0 Å². The van der Waals surface area contributed by atoms with E-state index in [2.05, 4.69) is 0 Å². The van der Waals surface area contributed by atoms with Gasteiger partial charge in [0.15, 0.2) is 0 Å². The Morgan fingerprint density at radius 1 is 1.38 bits per heavy atom. The van der Waals surface area contributed by atoms with Gasteiger partial charge in [0.2, 0.25) is 0 Å². The third-order valence-electron chi connectivity index (χ3n) is 4.26. The largest absolute Gasteiger partial charge is 0.497 e. The van der Waals surface area contributed by atoms with Crippen LogP contribution in [0.4, 0.5) is 0 Å². The molecule has 0 saturated carbocycles. The Labute approximate surface area is 125 Å². The van der Waals surface area contributed by atoms with Crippen molar-refractivity contribution in [2.45, 2.75) is 32.6 Å². The number of carbonyl (C=O) groups is 1. The van der Waals surface area contributed by atoms with Crippen molar-refractivity contribution in [1.29, 1.82) is 0 Å². The number of hydrogen-bond acceptors (Lipinski definition) is 3. The summed E-state index contributed by atoms with van der Waals surface area (Å²) in [7, 11) is 1.67. The fourth-order valence-corrected chi connectivity index (χ4v) is 3.08. The molecule has 1 unspecified atom stereocenters. The van der Waals surface area contributed by atoms with Gasteiger partial charge in [-0.2, -0.15) is 0 Å². The second kappa shape index (κ2) is 5.76. The van der Waals surface area contributed by atoms with E-state index >= 15 is 0 Å². The molecule has 1 aromatic carbocycles. The standard InChI is InChI=1S/C18H20O3/c1-3-4-5-14-10-13-7-6-12-11-15(20-2)8-9-16(12)17(13)21-18(14)19/h3-4,8-9,11,14H,5-7,10H2,1-2H3/b4-3+. The number of allylic oxidation sites excluding steroid dienone is 3. The molecule has 1 aliphatic carbocycles. The van der Waals surface area contributed by atoms with Crippen molar-refractivity contribution >= 4 is 11.7 Å². The molecule has 3 nitrogen and oxygen atoms in total. The summed E-state index contributed by atoms with van der Waals surface area (Å²) >= 11 is 0. The van der Waals surface area contributed by atoms with E-state index in [4.69, 9.17) is 9.47 Å². The smallest absolute Gasteiger partial charge is 0.314 e. The van der Waals surface area contributed by atoms with Crippen molar-refractivity contribution in [3.63, 3.8) is 0 Å². The van der Waals surface area contributed by atoms with Crippen LogP contribution in [-0.2, 0) is 16.0 Å². The van der Waals surface area contributed by atoms with E-state index in [9.17, 15) is 4.79 Å². The summed E-state index contributed by atoms with van der Waals surface area (Å²) in [6, 6.07) is 5.97. The molecule has 0 fully saturated rings. The molecule has 3 heteroatoms. The van der Waals surface area contributed by atoms with Crippen molar-refractivity contribution < 1.29 is 14.3 Å². The number of esters is 1. The molecular formula is C18H20O3. The molecule has 0 amide bonds. The molecule has 2 aliphatic rings. The summed E-state index contributed by atoms with van der Waals surface area (Å²) in [5.74, 6) is 1.52. The van der Waals surface area contributed by atoms with Crippen LogP contribution in [0.2, 0.25) is 0 Å². The van der Waals surface area contributed by atoms with Gasteiger partial charge >= 0.3 is 5.97 Å². The van der Waals surface area contributed by atoms with Crippen LogP contribution in [0.1, 0.15) is 37.3 Å². The van der Waals surface area contributed by atoms with Gasteiger partial charge in [0.1, 0.15) is 11.5 Å². The van der Waals surface area contributed by atoms with E-state index in [0.29, 0.717) is 0 Å². The van der Waals surface area contributed by atoms with Crippen LogP contribution in [0.25, 0.3) is 5.76 Å². The molecule has 0 radical (unpaired) electrons.